The zero-order chi connectivity index (χ0) is 13.7. The fourth-order valence-corrected chi connectivity index (χ4v) is 2.05. The summed E-state index contributed by atoms with van der Waals surface area (Å²) in [5.74, 6) is 0. The van der Waals surface area contributed by atoms with E-state index in [4.69, 9.17) is 0 Å². The highest BCUT2D eigenvalue weighted by molar-refractivity contribution is 5.71. The van der Waals surface area contributed by atoms with Crippen molar-refractivity contribution in [1.82, 2.24) is 4.90 Å². The maximum atomic E-state index is 2.20. The minimum atomic E-state index is 0.967. The largest absolute Gasteiger partial charge is 0.305 e. The van der Waals surface area contributed by atoms with Crippen LogP contribution in [0.4, 0.5) is 0 Å². The zero-order valence-corrected chi connectivity index (χ0v) is 11.9. The van der Waals surface area contributed by atoms with Crippen molar-refractivity contribution in [3.8, 4) is 0 Å². The second-order valence-corrected chi connectivity index (χ2v) is 5.18. The molecule has 19 heavy (non-hydrogen) atoms. The summed E-state index contributed by atoms with van der Waals surface area (Å²) in [4.78, 5) is 2.19. The molecule has 2 rings (SSSR count). The Morgan fingerprint density at radius 1 is 0.895 bits per heavy atom. The lowest BCUT2D eigenvalue weighted by Gasteiger charge is -2.12. The van der Waals surface area contributed by atoms with Gasteiger partial charge in [0.1, 0.15) is 0 Å². The number of hydrogen-bond acceptors (Lipinski definition) is 1. The average molecular weight is 251 g/mol. The van der Waals surface area contributed by atoms with Gasteiger partial charge in [0.2, 0.25) is 0 Å². The molecule has 0 aliphatic rings. The molecule has 0 aromatic heterocycles. The van der Waals surface area contributed by atoms with Crippen molar-refractivity contribution in [1.29, 1.82) is 0 Å². The van der Waals surface area contributed by atoms with Crippen LogP contribution in [0.1, 0.15) is 22.3 Å². The van der Waals surface area contributed by atoms with E-state index >= 15 is 0 Å². The van der Waals surface area contributed by atoms with Gasteiger partial charge in [-0.05, 0) is 37.7 Å². The predicted molar refractivity (Wildman–Crippen MR) is 83.9 cm³/mol. The minimum Gasteiger partial charge on any atom is -0.305 e. The molecular weight excluding hydrogens is 230 g/mol. The second kappa shape index (κ2) is 6.35. The van der Waals surface area contributed by atoms with E-state index in [1.54, 1.807) is 0 Å². The normalized spacial score (nSPS) is 11.4. The lowest BCUT2D eigenvalue weighted by atomic mass is 10.1. The van der Waals surface area contributed by atoms with Crippen LogP contribution in [0, 0.1) is 6.92 Å². The molecule has 0 heterocycles. The van der Waals surface area contributed by atoms with E-state index in [9.17, 15) is 0 Å². The van der Waals surface area contributed by atoms with E-state index in [2.05, 4.69) is 86.6 Å². The lowest BCUT2D eigenvalue weighted by Crippen LogP contribution is -2.11. The molecule has 98 valence electrons. The molecule has 0 bridgehead atoms. The lowest BCUT2D eigenvalue weighted by molar-refractivity contribution is 0.402. The highest BCUT2D eigenvalue weighted by Crippen LogP contribution is 2.15. The number of benzene rings is 2. The van der Waals surface area contributed by atoms with Crippen molar-refractivity contribution in [2.45, 2.75) is 13.5 Å². The van der Waals surface area contributed by atoms with Crippen molar-refractivity contribution >= 4 is 12.2 Å². The van der Waals surface area contributed by atoms with Crippen molar-refractivity contribution in [3.05, 3.63) is 70.8 Å². The molecule has 0 fully saturated rings. The van der Waals surface area contributed by atoms with Crippen LogP contribution in [0.2, 0.25) is 0 Å². The molecule has 0 saturated heterocycles. The van der Waals surface area contributed by atoms with Crippen LogP contribution in [-0.4, -0.2) is 19.0 Å². The van der Waals surface area contributed by atoms with Crippen LogP contribution >= 0.6 is 0 Å². The Labute approximate surface area is 116 Å². The summed E-state index contributed by atoms with van der Waals surface area (Å²) in [6, 6.07) is 17.1. The molecule has 0 radical (unpaired) electrons. The van der Waals surface area contributed by atoms with Gasteiger partial charge in [-0.2, -0.15) is 0 Å². The molecule has 0 aliphatic heterocycles. The number of rotatable bonds is 4. The third kappa shape index (κ3) is 4.08. The van der Waals surface area contributed by atoms with Gasteiger partial charge in [0.15, 0.2) is 0 Å². The third-order valence-electron chi connectivity index (χ3n) is 3.07. The molecule has 2 aromatic rings. The predicted octanol–water partition coefficient (Wildman–Crippen LogP) is 4.23. The van der Waals surface area contributed by atoms with Crippen LogP contribution < -0.4 is 0 Å². The van der Waals surface area contributed by atoms with Crippen LogP contribution in [0.15, 0.2) is 48.5 Å². The van der Waals surface area contributed by atoms with Crippen LogP contribution in [0.3, 0.4) is 0 Å². The molecule has 0 N–H and O–H groups in total. The maximum Gasteiger partial charge on any atom is 0.0233 e. The van der Waals surface area contributed by atoms with Crippen LogP contribution in [-0.2, 0) is 6.54 Å². The second-order valence-electron chi connectivity index (χ2n) is 5.18. The molecule has 0 atom stereocenters. The summed E-state index contributed by atoms with van der Waals surface area (Å²) in [5.41, 5.74) is 5.18. The van der Waals surface area contributed by atoms with E-state index < -0.39 is 0 Å². The van der Waals surface area contributed by atoms with Crippen molar-refractivity contribution < 1.29 is 0 Å². The quantitative estimate of drug-likeness (QED) is 0.735. The first-order valence-corrected chi connectivity index (χ1v) is 6.62. The highest BCUT2D eigenvalue weighted by Gasteiger charge is 1.99. The Bertz CT molecular complexity index is 550. The smallest absolute Gasteiger partial charge is 0.0233 e. The fraction of sp³-hybridized carbons (Fsp3) is 0.222. The molecule has 1 nitrogen and oxygen atoms in total. The topological polar surface area (TPSA) is 3.24 Å². The Morgan fingerprint density at radius 2 is 1.58 bits per heavy atom. The molecule has 0 saturated carbocycles. The molecule has 0 amide bonds. The summed E-state index contributed by atoms with van der Waals surface area (Å²) in [6.07, 6.45) is 4.37. The summed E-state index contributed by atoms with van der Waals surface area (Å²) >= 11 is 0. The van der Waals surface area contributed by atoms with E-state index in [1.807, 2.05) is 0 Å². The van der Waals surface area contributed by atoms with Gasteiger partial charge in [0.05, 0.1) is 0 Å². The first-order valence-electron chi connectivity index (χ1n) is 6.62. The van der Waals surface area contributed by atoms with E-state index in [0.717, 1.165) is 6.54 Å². The Kier molecular flexibility index (Phi) is 4.53. The molecule has 0 spiro atoms. The van der Waals surface area contributed by atoms with Crippen molar-refractivity contribution in [2.75, 3.05) is 14.1 Å². The van der Waals surface area contributed by atoms with Gasteiger partial charge in [-0.25, -0.2) is 0 Å². The van der Waals surface area contributed by atoms with Gasteiger partial charge in [0.25, 0.3) is 0 Å². The first kappa shape index (κ1) is 13.6. The van der Waals surface area contributed by atoms with Gasteiger partial charge in [-0.1, -0.05) is 66.2 Å². The zero-order valence-electron chi connectivity index (χ0n) is 11.9. The van der Waals surface area contributed by atoms with Gasteiger partial charge < -0.3 is 4.90 Å². The van der Waals surface area contributed by atoms with E-state index in [-0.39, 0.29) is 0 Å². The number of nitrogens with zero attached hydrogens (tertiary/aromatic N) is 1. The van der Waals surface area contributed by atoms with Gasteiger partial charge in [0, 0.05) is 6.54 Å². The highest BCUT2D eigenvalue weighted by atomic mass is 15.0. The minimum absolute atomic E-state index is 0.967. The fourth-order valence-electron chi connectivity index (χ4n) is 2.05. The molecule has 2 aromatic carbocycles. The van der Waals surface area contributed by atoms with Crippen molar-refractivity contribution in [3.63, 3.8) is 0 Å². The molecule has 0 unspecified atom stereocenters. The first-order chi connectivity index (χ1) is 9.15. The summed E-state index contributed by atoms with van der Waals surface area (Å²) in [7, 11) is 4.20. The SMILES string of the molecule is Cc1ccc(/C=C/c2ccccc2CN(C)C)cc1. The molecular formula is C18H21N. The van der Waals surface area contributed by atoms with Crippen LogP contribution in [0.25, 0.3) is 12.2 Å². The third-order valence-corrected chi connectivity index (χ3v) is 3.07. The van der Waals surface area contributed by atoms with E-state index in [0.29, 0.717) is 0 Å². The number of hydrogen-bond donors (Lipinski definition) is 0. The molecule has 1 heteroatoms. The Morgan fingerprint density at radius 3 is 2.26 bits per heavy atom. The van der Waals surface area contributed by atoms with Crippen LogP contribution in [0.5, 0.6) is 0 Å². The van der Waals surface area contributed by atoms with Gasteiger partial charge >= 0.3 is 0 Å². The summed E-state index contributed by atoms with van der Waals surface area (Å²) in [5, 5.41) is 0. The average Bonchev–Trinajstić information content (AvgIpc) is 2.39. The standard InChI is InChI=1S/C18H21N/c1-15-8-10-16(11-9-15)12-13-17-6-4-5-7-18(17)14-19(2)3/h4-13H,14H2,1-3H3/b13-12+. The van der Waals surface area contributed by atoms with Gasteiger partial charge in [-0.3, -0.25) is 0 Å². The molecule has 0 aliphatic carbocycles. The summed E-state index contributed by atoms with van der Waals surface area (Å²) in [6.45, 7) is 3.08. The summed E-state index contributed by atoms with van der Waals surface area (Å²) < 4.78 is 0. The number of aryl methyl sites for hydroxylation is 1. The van der Waals surface area contributed by atoms with Gasteiger partial charge in [-0.15, -0.1) is 0 Å². The Balaban J connectivity index is 2.20. The van der Waals surface area contributed by atoms with E-state index in [1.165, 1.54) is 22.3 Å². The monoisotopic (exact) mass is 251 g/mol. The van der Waals surface area contributed by atoms with Crippen molar-refractivity contribution in [2.24, 2.45) is 0 Å². The Hall–Kier alpha value is -1.86. The maximum absolute atomic E-state index is 2.20.